The first-order chi connectivity index (χ1) is 9.74. The second-order valence-electron chi connectivity index (χ2n) is 6.51. The predicted octanol–water partition coefficient (Wildman–Crippen LogP) is 2.12. The topological polar surface area (TPSA) is 18.5 Å². The third-order valence-corrected chi connectivity index (χ3v) is 4.69. The Bertz CT molecular complexity index is 414. The number of hydrogen-bond acceptors (Lipinski definition) is 3. The molecule has 2 aliphatic rings. The highest BCUT2D eigenvalue weighted by Gasteiger charge is 2.34. The molecule has 0 aromatic heterocycles. The molecule has 1 N–H and O–H groups in total. The molecule has 1 aromatic rings. The van der Waals surface area contributed by atoms with Crippen molar-refractivity contribution in [3.05, 3.63) is 35.9 Å². The summed E-state index contributed by atoms with van der Waals surface area (Å²) in [5, 5.41) is 3.79. The van der Waals surface area contributed by atoms with E-state index in [2.05, 4.69) is 59.5 Å². The van der Waals surface area contributed by atoms with Crippen LogP contribution in [0.15, 0.2) is 30.3 Å². The number of likely N-dealkylation sites (tertiary alicyclic amines) is 1. The molecule has 2 unspecified atom stereocenters. The average molecular weight is 273 g/mol. The van der Waals surface area contributed by atoms with Crippen molar-refractivity contribution in [2.45, 2.75) is 37.4 Å². The summed E-state index contributed by atoms with van der Waals surface area (Å²) in [4.78, 5) is 4.99. The minimum Gasteiger partial charge on any atom is -0.311 e. The molecular formula is C17H27N3. The lowest BCUT2D eigenvalue weighted by atomic mass is 10.1. The molecule has 0 spiro atoms. The van der Waals surface area contributed by atoms with Crippen molar-refractivity contribution in [3.63, 3.8) is 0 Å². The van der Waals surface area contributed by atoms with Gasteiger partial charge in [0.05, 0.1) is 0 Å². The van der Waals surface area contributed by atoms with Crippen molar-refractivity contribution in [2.24, 2.45) is 0 Å². The molecule has 110 valence electrons. The lowest BCUT2D eigenvalue weighted by Crippen LogP contribution is -2.39. The Morgan fingerprint density at radius 1 is 1.20 bits per heavy atom. The number of hydrogen-bond donors (Lipinski definition) is 1. The molecule has 1 heterocycles. The molecule has 2 fully saturated rings. The zero-order valence-electron chi connectivity index (χ0n) is 12.8. The second-order valence-corrected chi connectivity index (χ2v) is 6.51. The SMILES string of the molecule is CN(C)C(CNC1CCN(C2CC2)C1)c1ccccc1. The Morgan fingerprint density at radius 3 is 2.60 bits per heavy atom. The van der Waals surface area contributed by atoms with E-state index in [0.717, 1.165) is 12.6 Å². The fraction of sp³-hybridized carbons (Fsp3) is 0.647. The maximum Gasteiger partial charge on any atom is 0.0466 e. The van der Waals surface area contributed by atoms with E-state index in [1.165, 1.54) is 37.9 Å². The van der Waals surface area contributed by atoms with Gasteiger partial charge in [0.2, 0.25) is 0 Å². The summed E-state index contributed by atoms with van der Waals surface area (Å²) in [5.41, 5.74) is 1.40. The van der Waals surface area contributed by atoms with Gasteiger partial charge < -0.3 is 10.2 Å². The van der Waals surface area contributed by atoms with Crippen molar-refractivity contribution in [2.75, 3.05) is 33.7 Å². The Morgan fingerprint density at radius 2 is 1.95 bits per heavy atom. The normalized spacial score (nSPS) is 25.2. The lowest BCUT2D eigenvalue weighted by molar-refractivity contribution is 0.273. The van der Waals surface area contributed by atoms with Gasteiger partial charge in [0.15, 0.2) is 0 Å². The van der Waals surface area contributed by atoms with Gasteiger partial charge in [-0.25, -0.2) is 0 Å². The molecule has 1 saturated heterocycles. The van der Waals surface area contributed by atoms with Gasteiger partial charge in [-0.1, -0.05) is 30.3 Å². The first-order valence-corrected chi connectivity index (χ1v) is 7.93. The molecule has 0 amide bonds. The van der Waals surface area contributed by atoms with E-state index in [-0.39, 0.29) is 0 Å². The highest BCUT2D eigenvalue weighted by atomic mass is 15.2. The zero-order valence-corrected chi connectivity index (χ0v) is 12.8. The first-order valence-electron chi connectivity index (χ1n) is 7.93. The monoisotopic (exact) mass is 273 g/mol. The highest BCUT2D eigenvalue weighted by molar-refractivity contribution is 5.19. The van der Waals surface area contributed by atoms with Gasteiger partial charge >= 0.3 is 0 Å². The molecule has 3 heteroatoms. The van der Waals surface area contributed by atoms with Crippen LogP contribution in [-0.4, -0.2) is 55.6 Å². The fourth-order valence-corrected chi connectivity index (χ4v) is 3.28. The molecule has 1 aromatic carbocycles. The molecule has 3 rings (SSSR count). The molecule has 0 radical (unpaired) electrons. The average Bonchev–Trinajstić information content (AvgIpc) is 3.20. The number of likely N-dealkylation sites (N-methyl/N-ethyl adjacent to an activating group) is 1. The molecule has 0 bridgehead atoms. The van der Waals surface area contributed by atoms with Crippen LogP contribution in [0.25, 0.3) is 0 Å². The van der Waals surface area contributed by atoms with Gasteiger partial charge in [-0.3, -0.25) is 4.90 Å². The van der Waals surface area contributed by atoms with Gasteiger partial charge in [0.25, 0.3) is 0 Å². The van der Waals surface area contributed by atoms with Crippen LogP contribution in [0.4, 0.5) is 0 Å². The summed E-state index contributed by atoms with van der Waals surface area (Å²) in [6.07, 6.45) is 4.17. The summed E-state index contributed by atoms with van der Waals surface area (Å²) in [7, 11) is 4.34. The van der Waals surface area contributed by atoms with E-state index in [1.807, 2.05) is 0 Å². The van der Waals surface area contributed by atoms with Crippen molar-refractivity contribution in [3.8, 4) is 0 Å². The molecule has 1 saturated carbocycles. The van der Waals surface area contributed by atoms with Crippen LogP contribution in [0.2, 0.25) is 0 Å². The number of rotatable bonds is 6. The van der Waals surface area contributed by atoms with Crippen LogP contribution < -0.4 is 5.32 Å². The minimum atomic E-state index is 0.464. The number of nitrogens with zero attached hydrogens (tertiary/aromatic N) is 2. The quantitative estimate of drug-likeness (QED) is 0.856. The third-order valence-electron chi connectivity index (χ3n) is 4.69. The Kier molecular flexibility index (Phi) is 4.39. The maximum absolute atomic E-state index is 3.79. The smallest absolute Gasteiger partial charge is 0.0466 e. The third kappa shape index (κ3) is 3.40. The molecular weight excluding hydrogens is 246 g/mol. The Labute approximate surface area is 123 Å². The first kappa shape index (κ1) is 14.1. The molecule has 1 aliphatic heterocycles. The van der Waals surface area contributed by atoms with Crippen LogP contribution >= 0.6 is 0 Å². The van der Waals surface area contributed by atoms with Gasteiger partial charge in [-0.15, -0.1) is 0 Å². The summed E-state index contributed by atoms with van der Waals surface area (Å²) in [5.74, 6) is 0. The lowest BCUT2D eigenvalue weighted by Gasteiger charge is -2.27. The van der Waals surface area contributed by atoms with Crippen LogP contribution in [0.5, 0.6) is 0 Å². The minimum absolute atomic E-state index is 0.464. The number of nitrogens with one attached hydrogen (secondary N) is 1. The summed E-state index contributed by atoms with van der Waals surface area (Å²) in [6, 6.07) is 12.9. The standard InChI is InChI=1S/C17H27N3/c1-19(2)17(14-6-4-3-5-7-14)12-18-15-10-11-20(13-15)16-8-9-16/h3-7,15-18H,8-13H2,1-2H3. The molecule has 1 aliphatic carbocycles. The van der Waals surface area contributed by atoms with Crippen LogP contribution in [-0.2, 0) is 0 Å². The maximum atomic E-state index is 3.79. The molecule has 3 nitrogen and oxygen atoms in total. The Hall–Kier alpha value is -0.900. The van der Waals surface area contributed by atoms with E-state index in [9.17, 15) is 0 Å². The number of benzene rings is 1. The van der Waals surface area contributed by atoms with Crippen molar-refractivity contribution >= 4 is 0 Å². The van der Waals surface area contributed by atoms with Crippen molar-refractivity contribution in [1.82, 2.24) is 15.1 Å². The fourth-order valence-electron chi connectivity index (χ4n) is 3.28. The van der Waals surface area contributed by atoms with Gasteiger partial charge in [0, 0.05) is 37.8 Å². The molecule has 20 heavy (non-hydrogen) atoms. The van der Waals surface area contributed by atoms with E-state index in [0.29, 0.717) is 12.1 Å². The van der Waals surface area contributed by atoms with Crippen LogP contribution in [0.3, 0.4) is 0 Å². The van der Waals surface area contributed by atoms with E-state index in [4.69, 9.17) is 0 Å². The largest absolute Gasteiger partial charge is 0.311 e. The van der Waals surface area contributed by atoms with E-state index >= 15 is 0 Å². The Balaban J connectivity index is 1.52. The van der Waals surface area contributed by atoms with E-state index in [1.54, 1.807) is 0 Å². The molecule has 2 atom stereocenters. The second kappa shape index (κ2) is 6.25. The van der Waals surface area contributed by atoms with Crippen molar-refractivity contribution in [1.29, 1.82) is 0 Å². The highest BCUT2D eigenvalue weighted by Crippen LogP contribution is 2.30. The van der Waals surface area contributed by atoms with Gasteiger partial charge in [-0.2, -0.15) is 0 Å². The van der Waals surface area contributed by atoms with Gasteiger partial charge in [-0.05, 0) is 38.9 Å². The van der Waals surface area contributed by atoms with Gasteiger partial charge in [0.1, 0.15) is 0 Å². The summed E-state index contributed by atoms with van der Waals surface area (Å²) < 4.78 is 0. The summed E-state index contributed by atoms with van der Waals surface area (Å²) in [6.45, 7) is 3.58. The predicted molar refractivity (Wildman–Crippen MR) is 83.9 cm³/mol. The van der Waals surface area contributed by atoms with Crippen LogP contribution in [0.1, 0.15) is 30.9 Å². The van der Waals surface area contributed by atoms with Crippen LogP contribution in [0, 0.1) is 0 Å². The van der Waals surface area contributed by atoms with Crippen molar-refractivity contribution < 1.29 is 0 Å². The summed E-state index contributed by atoms with van der Waals surface area (Å²) >= 11 is 0. The van der Waals surface area contributed by atoms with E-state index < -0.39 is 0 Å². The zero-order chi connectivity index (χ0) is 13.9.